The number of nitrogens with two attached hydrogens (primary N) is 1. The second kappa shape index (κ2) is 9.96. The van der Waals surface area contributed by atoms with Gasteiger partial charge in [-0.3, -0.25) is 14.1 Å². The third-order valence-electron chi connectivity index (χ3n) is 2.52. The Labute approximate surface area is 121 Å². The van der Waals surface area contributed by atoms with Crippen LogP contribution in [0.2, 0.25) is 0 Å². The van der Waals surface area contributed by atoms with Crippen LogP contribution in [0.5, 0.6) is 0 Å². The Kier molecular flexibility index (Phi) is 9.54. The Bertz CT molecular complexity index is 385. The molecule has 21 heavy (non-hydrogen) atoms. The van der Waals surface area contributed by atoms with Crippen LogP contribution < -0.4 is 11.1 Å². The summed E-state index contributed by atoms with van der Waals surface area (Å²) in [5.41, 5.74) is 5.30. The van der Waals surface area contributed by atoms with Crippen LogP contribution in [-0.2, 0) is 18.7 Å². The summed E-state index contributed by atoms with van der Waals surface area (Å²) in [5, 5.41) is 20.1. The van der Waals surface area contributed by atoms with Crippen LogP contribution in [0.4, 0.5) is 0 Å². The van der Waals surface area contributed by atoms with E-state index in [-0.39, 0.29) is 6.54 Å². The molecule has 0 aromatic heterocycles. The highest BCUT2D eigenvalue weighted by Gasteiger charge is 2.26. The molecular formula is C10H21N2O8P. The van der Waals surface area contributed by atoms with E-state index in [0.717, 1.165) is 0 Å². The van der Waals surface area contributed by atoms with E-state index in [0.29, 0.717) is 25.8 Å². The summed E-state index contributed by atoms with van der Waals surface area (Å²) < 4.78 is 14.7. The summed E-state index contributed by atoms with van der Waals surface area (Å²) in [6.07, 6.45) is -0.140. The average molecular weight is 328 g/mol. The molecule has 0 aromatic rings. The van der Waals surface area contributed by atoms with Crippen molar-refractivity contribution in [1.82, 2.24) is 5.32 Å². The fraction of sp³-hybridized carbons (Fsp3) is 0.800. The summed E-state index contributed by atoms with van der Waals surface area (Å²) in [5.74, 6) is -1.76. The molecule has 10 nitrogen and oxygen atoms in total. The molecule has 0 radical (unpaired) electrons. The summed E-state index contributed by atoms with van der Waals surface area (Å²) in [4.78, 5) is 39.0. The lowest BCUT2D eigenvalue weighted by Crippen LogP contribution is -2.36. The number of carbonyl (C=O) groups excluding carboxylic acids is 1. The predicted octanol–water partition coefficient (Wildman–Crippen LogP) is -1.80. The number of rotatable bonds is 12. The number of carboxylic acids is 1. The second-order valence-corrected chi connectivity index (χ2v) is 5.54. The van der Waals surface area contributed by atoms with E-state index >= 15 is 0 Å². The molecule has 0 aliphatic rings. The zero-order chi connectivity index (χ0) is 16.5. The molecule has 0 fully saturated rings. The number of carbonyl (C=O) groups is 2. The summed E-state index contributed by atoms with van der Waals surface area (Å²) in [6.45, 7) is -0.665. The van der Waals surface area contributed by atoms with Gasteiger partial charge in [0.05, 0.1) is 13.2 Å². The number of nitrogens with one attached hydrogen (secondary N) is 1. The van der Waals surface area contributed by atoms with Gasteiger partial charge in [-0.2, -0.15) is 0 Å². The first kappa shape index (κ1) is 20.1. The molecule has 7 N–H and O–H groups in total. The Hall–Kier alpha value is -0.870. The number of aliphatic hydroxyl groups is 1. The quantitative estimate of drug-likeness (QED) is 0.177. The van der Waals surface area contributed by atoms with Crippen LogP contribution in [0.25, 0.3) is 0 Å². The fourth-order valence-corrected chi connectivity index (χ4v) is 1.94. The van der Waals surface area contributed by atoms with Gasteiger partial charge in [0.1, 0.15) is 6.04 Å². The minimum atomic E-state index is -4.84. The molecule has 0 rings (SSSR count). The molecule has 2 atom stereocenters. The molecule has 0 amide bonds. The first-order valence-electron chi connectivity index (χ1n) is 6.24. The number of aliphatic carboxylic acids is 1. The normalized spacial score (nSPS) is 14.7. The Morgan fingerprint density at radius 2 is 1.90 bits per heavy atom. The fourth-order valence-electron chi connectivity index (χ4n) is 1.42. The number of phosphoric ester groups is 1. The maximum absolute atomic E-state index is 11.5. The molecule has 0 saturated heterocycles. The van der Waals surface area contributed by atoms with Crippen LogP contribution in [0.3, 0.4) is 0 Å². The van der Waals surface area contributed by atoms with Crippen LogP contribution in [0.15, 0.2) is 0 Å². The highest BCUT2D eigenvalue weighted by atomic mass is 31.2. The standard InChI is InChI=1S/C10H21N2O8P/c11-7(10(15)16)3-1-2-4-12-5-8(14)9(6-13)20-21(17,18)19/h7,9,12-13H,1-6,11H2,(H,15,16)(H2,17,18,19)/t7-,9+/m0/s1. The van der Waals surface area contributed by atoms with Crippen molar-refractivity contribution < 1.29 is 38.7 Å². The molecule has 0 aromatic carbocycles. The second-order valence-electron chi connectivity index (χ2n) is 4.35. The average Bonchev–Trinajstić information content (AvgIpc) is 2.38. The molecular weight excluding hydrogens is 307 g/mol. The van der Waals surface area contributed by atoms with Crippen LogP contribution in [0, 0.1) is 0 Å². The molecule has 0 saturated carbocycles. The van der Waals surface area contributed by atoms with Crippen molar-refractivity contribution in [3.05, 3.63) is 0 Å². The molecule has 0 aliphatic heterocycles. The van der Waals surface area contributed by atoms with Crippen molar-refractivity contribution in [3.8, 4) is 0 Å². The third-order valence-corrected chi connectivity index (χ3v) is 3.05. The van der Waals surface area contributed by atoms with Gasteiger partial charge in [0.25, 0.3) is 0 Å². The molecule has 0 aliphatic carbocycles. The van der Waals surface area contributed by atoms with Gasteiger partial charge in [-0.25, -0.2) is 4.57 Å². The summed E-state index contributed by atoms with van der Waals surface area (Å²) in [6, 6.07) is -0.915. The summed E-state index contributed by atoms with van der Waals surface area (Å²) in [7, 11) is -4.84. The van der Waals surface area contributed by atoms with Gasteiger partial charge in [-0.15, -0.1) is 0 Å². The van der Waals surface area contributed by atoms with Crippen molar-refractivity contribution in [1.29, 1.82) is 0 Å². The number of ketones is 1. The van der Waals surface area contributed by atoms with Crippen LogP contribution >= 0.6 is 7.82 Å². The zero-order valence-corrected chi connectivity index (χ0v) is 12.2. The Morgan fingerprint density at radius 1 is 1.29 bits per heavy atom. The third kappa shape index (κ3) is 10.5. The molecule has 0 bridgehead atoms. The zero-order valence-electron chi connectivity index (χ0n) is 11.3. The van der Waals surface area contributed by atoms with Crippen molar-refractivity contribution in [2.75, 3.05) is 19.7 Å². The molecule has 0 spiro atoms. The number of unbranched alkanes of at least 4 members (excludes halogenated alkanes) is 1. The maximum Gasteiger partial charge on any atom is 0.470 e. The minimum Gasteiger partial charge on any atom is -0.480 e. The smallest absolute Gasteiger partial charge is 0.470 e. The lowest BCUT2D eigenvalue weighted by Gasteiger charge is -2.15. The predicted molar refractivity (Wildman–Crippen MR) is 71.3 cm³/mol. The molecule has 11 heteroatoms. The molecule has 0 unspecified atom stereocenters. The number of carboxylic acid groups (broad SMARTS) is 1. The van der Waals surface area contributed by atoms with E-state index in [1.807, 2.05) is 0 Å². The molecule has 0 heterocycles. The first-order chi connectivity index (χ1) is 9.67. The Balaban J connectivity index is 3.83. The number of aliphatic hydroxyl groups excluding tert-OH is 1. The van der Waals surface area contributed by atoms with Gasteiger partial charge in [-0.05, 0) is 19.4 Å². The lowest BCUT2D eigenvalue weighted by molar-refractivity contribution is -0.138. The van der Waals surface area contributed by atoms with Crippen molar-refractivity contribution in [2.24, 2.45) is 5.73 Å². The van der Waals surface area contributed by atoms with E-state index in [1.165, 1.54) is 0 Å². The number of hydrogen-bond donors (Lipinski definition) is 6. The first-order valence-corrected chi connectivity index (χ1v) is 7.77. The number of phosphoric acid groups is 1. The number of hydrogen-bond acceptors (Lipinski definition) is 7. The SMILES string of the molecule is N[C@@H](CCCCNCC(=O)[C@@H](CO)OP(=O)(O)O)C(=O)O. The van der Waals surface area contributed by atoms with Crippen LogP contribution in [-0.4, -0.2) is 63.6 Å². The van der Waals surface area contributed by atoms with Crippen molar-refractivity contribution >= 4 is 19.6 Å². The highest BCUT2D eigenvalue weighted by Crippen LogP contribution is 2.37. The van der Waals surface area contributed by atoms with E-state index in [4.69, 9.17) is 25.7 Å². The van der Waals surface area contributed by atoms with E-state index < -0.39 is 38.3 Å². The highest BCUT2D eigenvalue weighted by molar-refractivity contribution is 7.46. The van der Waals surface area contributed by atoms with Gasteiger partial charge in [0.15, 0.2) is 11.9 Å². The van der Waals surface area contributed by atoms with Crippen molar-refractivity contribution in [3.63, 3.8) is 0 Å². The topological polar surface area (TPSA) is 179 Å². The van der Waals surface area contributed by atoms with Gasteiger partial charge in [-0.1, -0.05) is 6.42 Å². The van der Waals surface area contributed by atoms with Gasteiger partial charge < -0.3 is 31.1 Å². The van der Waals surface area contributed by atoms with E-state index in [2.05, 4.69) is 9.84 Å². The minimum absolute atomic E-state index is 0.226. The van der Waals surface area contributed by atoms with E-state index in [1.54, 1.807) is 0 Å². The maximum atomic E-state index is 11.5. The van der Waals surface area contributed by atoms with Crippen LogP contribution in [0.1, 0.15) is 19.3 Å². The van der Waals surface area contributed by atoms with Crippen molar-refractivity contribution in [2.45, 2.75) is 31.4 Å². The lowest BCUT2D eigenvalue weighted by atomic mass is 10.1. The number of Topliss-reactive ketones (excluding diaryl/α,β-unsaturated/α-hetero) is 1. The van der Waals surface area contributed by atoms with Gasteiger partial charge >= 0.3 is 13.8 Å². The Morgan fingerprint density at radius 3 is 2.38 bits per heavy atom. The van der Waals surface area contributed by atoms with Gasteiger partial charge in [0, 0.05) is 0 Å². The molecule has 124 valence electrons. The monoisotopic (exact) mass is 328 g/mol. The van der Waals surface area contributed by atoms with E-state index in [9.17, 15) is 14.2 Å². The largest absolute Gasteiger partial charge is 0.480 e. The summed E-state index contributed by atoms with van der Waals surface area (Å²) >= 11 is 0. The van der Waals surface area contributed by atoms with Gasteiger partial charge in [0.2, 0.25) is 0 Å².